The molecule has 1 fully saturated rings. The first-order chi connectivity index (χ1) is 9.87. The van der Waals surface area contributed by atoms with Crippen molar-refractivity contribution in [1.29, 1.82) is 0 Å². The topological polar surface area (TPSA) is 44.1 Å². The molecule has 0 bridgehead atoms. The summed E-state index contributed by atoms with van der Waals surface area (Å²) in [6.07, 6.45) is 4.62. The molecule has 1 aliphatic carbocycles. The van der Waals surface area contributed by atoms with E-state index >= 15 is 0 Å². The van der Waals surface area contributed by atoms with Crippen LogP contribution in [-0.2, 0) is 21.5 Å². The Morgan fingerprint density at radius 3 is 2.81 bits per heavy atom. The third-order valence-corrected chi connectivity index (χ3v) is 5.25. The van der Waals surface area contributed by atoms with Crippen molar-refractivity contribution >= 4 is 21.7 Å². The standard InChI is InChI=1S/C16H25BrN2O2/c1-11-5-6-12(14(20)9-11)16(2,3)15-13(17)10-18-19(15)7-8-21-4/h10-12H,5-9H2,1-4H3. The van der Waals surface area contributed by atoms with Crippen LogP contribution in [0.2, 0.25) is 0 Å². The minimum absolute atomic E-state index is 0.0722. The highest BCUT2D eigenvalue weighted by atomic mass is 79.9. The van der Waals surface area contributed by atoms with Crippen LogP contribution in [0.4, 0.5) is 0 Å². The Balaban J connectivity index is 2.30. The van der Waals surface area contributed by atoms with E-state index in [1.54, 1.807) is 7.11 Å². The molecular formula is C16H25BrN2O2. The Bertz CT molecular complexity index is 510. The molecule has 2 atom stereocenters. The van der Waals surface area contributed by atoms with E-state index in [4.69, 9.17) is 4.74 Å². The van der Waals surface area contributed by atoms with Crippen molar-refractivity contribution < 1.29 is 9.53 Å². The first-order valence-electron chi connectivity index (χ1n) is 7.61. The smallest absolute Gasteiger partial charge is 0.137 e. The molecule has 0 N–H and O–H groups in total. The summed E-state index contributed by atoms with van der Waals surface area (Å²) in [6, 6.07) is 0. The number of carbonyl (C=O) groups is 1. The minimum Gasteiger partial charge on any atom is -0.383 e. The zero-order chi connectivity index (χ0) is 15.6. The van der Waals surface area contributed by atoms with Crippen LogP contribution in [0.15, 0.2) is 10.7 Å². The lowest BCUT2D eigenvalue weighted by Gasteiger charge is -2.38. The maximum atomic E-state index is 12.5. The first kappa shape index (κ1) is 16.7. The third-order valence-electron chi connectivity index (χ3n) is 4.67. The number of hydrogen-bond acceptors (Lipinski definition) is 3. The molecule has 1 aliphatic rings. The Kier molecular flexibility index (Phi) is 5.25. The second kappa shape index (κ2) is 6.61. The molecular weight excluding hydrogens is 332 g/mol. The van der Waals surface area contributed by atoms with E-state index in [0.717, 1.165) is 23.0 Å². The number of Topliss-reactive ketones (excluding diaryl/α,β-unsaturated/α-hetero) is 1. The number of hydrogen-bond donors (Lipinski definition) is 0. The first-order valence-corrected chi connectivity index (χ1v) is 8.40. The van der Waals surface area contributed by atoms with Crippen LogP contribution in [0.5, 0.6) is 0 Å². The van der Waals surface area contributed by atoms with Crippen molar-refractivity contribution in [2.45, 2.75) is 52.0 Å². The van der Waals surface area contributed by atoms with E-state index in [1.807, 2.05) is 10.9 Å². The number of aromatic nitrogens is 2. The molecule has 5 heteroatoms. The monoisotopic (exact) mass is 356 g/mol. The maximum absolute atomic E-state index is 12.5. The molecule has 1 aromatic heterocycles. The summed E-state index contributed by atoms with van der Waals surface area (Å²) in [5.74, 6) is 0.986. The molecule has 1 saturated carbocycles. The highest BCUT2D eigenvalue weighted by Gasteiger charge is 2.42. The zero-order valence-corrected chi connectivity index (χ0v) is 14.9. The summed E-state index contributed by atoms with van der Waals surface area (Å²) in [5.41, 5.74) is 0.882. The molecule has 2 unspecified atom stereocenters. The van der Waals surface area contributed by atoms with E-state index in [2.05, 4.69) is 41.8 Å². The van der Waals surface area contributed by atoms with Gasteiger partial charge in [-0.25, -0.2) is 0 Å². The Hall–Kier alpha value is -0.680. The SMILES string of the molecule is COCCn1ncc(Br)c1C(C)(C)C1CCC(C)CC1=O. The lowest BCUT2D eigenvalue weighted by Crippen LogP contribution is -2.40. The number of halogens is 1. The summed E-state index contributed by atoms with van der Waals surface area (Å²) in [6.45, 7) is 7.82. The fourth-order valence-corrected chi connectivity index (χ4v) is 4.29. The molecule has 1 heterocycles. The van der Waals surface area contributed by atoms with Gasteiger partial charge in [0, 0.05) is 24.9 Å². The molecule has 0 spiro atoms. The molecule has 118 valence electrons. The molecule has 0 amide bonds. The Labute approximate surface area is 135 Å². The predicted octanol–water partition coefficient (Wildman–Crippen LogP) is 3.57. The van der Waals surface area contributed by atoms with Crippen LogP contribution >= 0.6 is 15.9 Å². The van der Waals surface area contributed by atoms with Gasteiger partial charge in [-0.15, -0.1) is 0 Å². The summed E-state index contributed by atoms with van der Waals surface area (Å²) < 4.78 is 8.11. The maximum Gasteiger partial charge on any atom is 0.137 e. The second-order valence-electron chi connectivity index (χ2n) is 6.68. The Morgan fingerprint density at radius 2 is 2.19 bits per heavy atom. The van der Waals surface area contributed by atoms with Gasteiger partial charge in [0.15, 0.2) is 0 Å². The summed E-state index contributed by atoms with van der Waals surface area (Å²) in [5, 5.41) is 4.43. The van der Waals surface area contributed by atoms with Gasteiger partial charge in [-0.3, -0.25) is 9.48 Å². The van der Waals surface area contributed by atoms with Crippen LogP contribution < -0.4 is 0 Å². The quantitative estimate of drug-likeness (QED) is 0.809. The molecule has 0 aliphatic heterocycles. The lowest BCUT2D eigenvalue weighted by atomic mass is 9.67. The van der Waals surface area contributed by atoms with E-state index in [1.165, 1.54) is 0 Å². The second-order valence-corrected chi connectivity index (χ2v) is 7.54. The molecule has 0 aromatic carbocycles. The van der Waals surface area contributed by atoms with E-state index in [9.17, 15) is 4.79 Å². The zero-order valence-electron chi connectivity index (χ0n) is 13.4. The van der Waals surface area contributed by atoms with E-state index in [-0.39, 0.29) is 11.3 Å². The molecule has 21 heavy (non-hydrogen) atoms. The minimum atomic E-state index is -0.222. The fourth-order valence-electron chi connectivity index (χ4n) is 3.48. The van der Waals surface area contributed by atoms with Gasteiger partial charge in [0.2, 0.25) is 0 Å². The number of nitrogens with zero attached hydrogens (tertiary/aromatic N) is 2. The van der Waals surface area contributed by atoms with Crippen molar-refractivity contribution in [2.24, 2.45) is 11.8 Å². The van der Waals surface area contributed by atoms with Gasteiger partial charge in [0.1, 0.15) is 5.78 Å². The van der Waals surface area contributed by atoms with E-state index < -0.39 is 0 Å². The van der Waals surface area contributed by atoms with Gasteiger partial charge < -0.3 is 4.74 Å². The van der Waals surface area contributed by atoms with Gasteiger partial charge in [-0.1, -0.05) is 20.8 Å². The number of rotatable bonds is 5. The summed E-state index contributed by atoms with van der Waals surface area (Å²) in [7, 11) is 1.69. The van der Waals surface area contributed by atoms with Crippen LogP contribution in [0.3, 0.4) is 0 Å². The summed E-state index contributed by atoms with van der Waals surface area (Å²) in [4.78, 5) is 12.5. The molecule has 1 aromatic rings. The third kappa shape index (κ3) is 3.39. The molecule has 0 radical (unpaired) electrons. The van der Waals surface area contributed by atoms with Gasteiger partial charge >= 0.3 is 0 Å². The van der Waals surface area contributed by atoms with Crippen LogP contribution in [-0.4, -0.2) is 29.3 Å². The fraction of sp³-hybridized carbons (Fsp3) is 0.750. The van der Waals surface area contributed by atoms with Crippen molar-refractivity contribution in [3.63, 3.8) is 0 Å². The van der Waals surface area contributed by atoms with Crippen molar-refractivity contribution in [1.82, 2.24) is 9.78 Å². The largest absolute Gasteiger partial charge is 0.383 e. The molecule has 0 saturated heterocycles. The van der Waals surface area contributed by atoms with E-state index in [0.29, 0.717) is 31.3 Å². The lowest BCUT2D eigenvalue weighted by molar-refractivity contribution is -0.128. The van der Waals surface area contributed by atoms with Gasteiger partial charge in [0.25, 0.3) is 0 Å². The van der Waals surface area contributed by atoms with Gasteiger partial charge in [-0.2, -0.15) is 5.10 Å². The molecule has 2 rings (SSSR count). The van der Waals surface area contributed by atoms with Crippen molar-refractivity contribution in [3.05, 3.63) is 16.4 Å². The van der Waals surface area contributed by atoms with Crippen molar-refractivity contribution in [2.75, 3.05) is 13.7 Å². The molecule has 4 nitrogen and oxygen atoms in total. The van der Waals surface area contributed by atoms with Crippen LogP contribution in [0.1, 0.15) is 45.7 Å². The average molecular weight is 357 g/mol. The van der Waals surface area contributed by atoms with Gasteiger partial charge in [-0.05, 0) is 34.7 Å². The van der Waals surface area contributed by atoms with Crippen molar-refractivity contribution in [3.8, 4) is 0 Å². The predicted molar refractivity (Wildman–Crippen MR) is 86.3 cm³/mol. The number of carbonyl (C=O) groups excluding carboxylic acids is 1. The Morgan fingerprint density at radius 1 is 1.48 bits per heavy atom. The average Bonchev–Trinajstić information content (AvgIpc) is 2.77. The van der Waals surface area contributed by atoms with Crippen LogP contribution in [0, 0.1) is 11.8 Å². The number of ketones is 1. The normalized spacial score (nSPS) is 23.6. The highest BCUT2D eigenvalue weighted by Crippen LogP contribution is 2.42. The van der Waals surface area contributed by atoms with Gasteiger partial charge in [0.05, 0.1) is 29.5 Å². The highest BCUT2D eigenvalue weighted by molar-refractivity contribution is 9.10. The van der Waals surface area contributed by atoms with Crippen LogP contribution in [0.25, 0.3) is 0 Å². The summed E-state index contributed by atoms with van der Waals surface area (Å²) >= 11 is 3.61. The number of ether oxygens (including phenoxy) is 1. The number of methoxy groups -OCH3 is 1.